The molecule has 2 amide bonds. The number of piperidine rings is 1. The first-order chi connectivity index (χ1) is 8.63. The molecule has 1 aliphatic heterocycles. The summed E-state index contributed by atoms with van der Waals surface area (Å²) in [4.78, 5) is 24.1. The van der Waals surface area contributed by atoms with Gasteiger partial charge in [0.05, 0.1) is 0 Å². The zero-order valence-corrected chi connectivity index (χ0v) is 10.7. The molecule has 0 aromatic carbocycles. The molecule has 0 atom stereocenters. The smallest absolute Gasteiger partial charge is 0.243 e. The highest BCUT2D eigenvalue weighted by Crippen LogP contribution is 2.17. The molecule has 104 valence electrons. The van der Waals surface area contributed by atoms with Crippen LogP contribution in [-0.2, 0) is 9.59 Å². The predicted molar refractivity (Wildman–Crippen MR) is 66.8 cm³/mol. The third kappa shape index (κ3) is 5.46. The van der Waals surface area contributed by atoms with Crippen molar-refractivity contribution in [2.75, 3.05) is 19.6 Å². The number of hydrogen-bond acceptors (Lipinski definition) is 4. The molecular formula is C12H23N3O3. The molecule has 6 nitrogen and oxygen atoms in total. The van der Waals surface area contributed by atoms with Gasteiger partial charge in [0.1, 0.15) is 0 Å². The van der Waals surface area contributed by atoms with Crippen LogP contribution in [0.2, 0.25) is 0 Å². The maximum Gasteiger partial charge on any atom is 0.243 e. The topological polar surface area (TPSA) is 95.7 Å². The molecule has 1 saturated heterocycles. The minimum atomic E-state index is -0.322. The van der Waals surface area contributed by atoms with Gasteiger partial charge < -0.3 is 10.6 Å². The summed E-state index contributed by atoms with van der Waals surface area (Å²) >= 11 is 0. The Morgan fingerprint density at radius 1 is 1.22 bits per heavy atom. The lowest BCUT2D eigenvalue weighted by atomic mass is 9.96. The molecule has 0 unspecified atom stereocenters. The molecule has 0 aromatic rings. The van der Waals surface area contributed by atoms with Crippen LogP contribution in [0.3, 0.4) is 0 Å². The van der Waals surface area contributed by atoms with E-state index in [-0.39, 0.29) is 17.7 Å². The van der Waals surface area contributed by atoms with Gasteiger partial charge >= 0.3 is 0 Å². The Hall–Kier alpha value is -1.14. The summed E-state index contributed by atoms with van der Waals surface area (Å²) in [5.74, 6) is -0.448. The number of primary amides is 1. The number of rotatable bonds is 7. The molecular weight excluding hydrogens is 234 g/mol. The number of hydrogen-bond donors (Lipinski definition) is 3. The number of nitrogens with one attached hydrogen (secondary N) is 1. The number of likely N-dealkylation sites (tertiary alicyclic amines) is 1. The zero-order valence-electron chi connectivity index (χ0n) is 10.7. The van der Waals surface area contributed by atoms with Crippen LogP contribution in [0.4, 0.5) is 0 Å². The third-order valence-electron chi connectivity index (χ3n) is 3.49. The standard InChI is InChI=1S/C12H23N3O3/c13-12(17)10-5-8-15(9-6-10)7-3-1-2-4-11(16)14-18/h10,18H,1-9H2,(H2,13,17)(H,14,16). The second kappa shape index (κ2) is 8.05. The quantitative estimate of drug-likeness (QED) is 0.346. The number of hydroxylamine groups is 1. The largest absolute Gasteiger partial charge is 0.369 e. The van der Waals surface area contributed by atoms with Crippen LogP contribution >= 0.6 is 0 Å². The summed E-state index contributed by atoms with van der Waals surface area (Å²) in [6.07, 6.45) is 4.91. The fraction of sp³-hybridized carbons (Fsp3) is 0.833. The van der Waals surface area contributed by atoms with Crippen LogP contribution < -0.4 is 11.2 Å². The van der Waals surface area contributed by atoms with E-state index < -0.39 is 0 Å². The molecule has 0 bridgehead atoms. The van der Waals surface area contributed by atoms with Gasteiger partial charge in [0.2, 0.25) is 11.8 Å². The second-order valence-electron chi connectivity index (χ2n) is 4.86. The van der Waals surface area contributed by atoms with E-state index >= 15 is 0 Å². The first-order valence-electron chi connectivity index (χ1n) is 6.58. The van der Waals surface area contributed by atoms with Gasteiger partial charge in [0.15, 0.2) is 0 Å². The number of nitrogens with zero attached hydrogens (tertiary/aromatic N) is 1. The number of unbranched alkanes of at least 4 members (excludes halogenated alkanes) is 2. The van der Waals surface area contributed by atoms with E-state index in [1.165, 1.54) is 0 Å². The Bertz CT molecular complexity index is 276. The fourth-order valence-corrected chi connectivity index (χ4v) is 2.29. The van der Waals surface area contributed by atoms with E-state index in [0.717, 1.165) is 51.7 Å². The minimum Gasteiger partial charge on any atom is -0.369 e. The molecule has 1 rings (SSSR count). The number of amides is 2. The van der Waals surface area contributed by atoms with Crippen molar-refractivity contribution in [2.24, 2.45) is 11.7 Å². The van der Waals surface area contributed by atoms with E-state index in [0.29, 0.717) is 6.42 Å². The number of carbonyl (C=O) groups is 2. The lowest BCUT2D eigenvalue weighted by Gasteiger charge is -2.30. The second-order valence-corrected chi connectivity index (χ2v) is 4.86. The van der Waals surface area contributed by atoms with E-state index in [4.69, 9.17) is 10.9 Å². The molecule has 0 aromatic heterocycles. The van der Waals surface area contributed by atoms with Crippen molar-refractivity contribution in [3.8, 4) is 0 Å². The average Bonchev–Trinajstić information content (AvgIpc) is 2.38. The van der Waals surface area contributed by atoms with Gasteiger partial charge in [0, 0.05) is 12.3 Å². The van der Waals surface area contributed by atoms with Crippen molar-refractivity contribution in [1.29, 1.82) is 0 Å². The lowest BCUT2D eigenvalue weighted by Crippen LogP contribution is -2.38. The molecule has 0 radical (unpaired) electrons. The van der Waals surface area contributed by atoms with Crippen LogP contribution in [0.15, 0.2) is 0 Å². The zero-order chi connectivity index (χ0) is 13.4. The summed E-state index contributed by atoms with van der Waals surface area (Å²) in [6.45, 7) is 2.88. The summed E-state index contributed by atoms with van der Waals surface area (Å²) < 4.78 is 0. The minimum absolute atomic E-state index is 0.0505. The first-order valence-corrected chi connectivity index (χ1v) is 6.58. The molecule has 0 spiro atoms. The summed E-state index contributed by atoms with van der Waals surface area (Å²) in [6, 6.07) is 0. The molecule has 6 heteroatoms. The van der Waals surface area contributed by atoms with Crippen molar-refractivity contribution >= 4 is 11.8 Å². The monoisotopic (exact) mass is 257 g/mol. The first kappa shape index (κ1) is 14.9. The van der Waals surface area contributed by atoms with Crippen LogP contribution in [0.5, 0.6) is 0 Å². The summed E-state index contributed by atoms with van der Waals surface area (Å²) in [5.41, 5.74) is 6.91. The van der Waals surface area contributed by atoms with Gasteiger partial charge in [-0.25, -0.2) is 5.48 Å². The normalized spacial score (nSPS) is 17.6. The Balaban J connectivity index is 2.01. The van der Waals surface area contributed by atoms with Crippen molar-refractivity contribution in [3.63, 3.8) is 0 Å². The van der Waals surface area contributed by atoms with E-state index in [1.54, 1.807) is 5.48 Å². The molecule has 1 aliphatic rings. The molecule has 18 heavy (non-hydrogen) atoms. The average molecular weight is 257 g/mol. The Morgan fingerprint density at radius 3 is 2.44 bits per heavy atom. The van der Waals surface area contributed by atoms with Crippen LogP contribution in [0.1, 0.15) is 38.5 Å². The Labute approximate surface area is 107 Å². The third-order valence-corrected chi connectivity index (χ3v) is 3.49. The van der Waals surface area contributed by atoms with Crippen molar-refractivity contribution in [3.05, 3.63) is 0 Å². The van der Waals surface area contributed by atoms with Crippen LogP contribution in [-0.4, -0.2) is 41.6 Å². The molecule has 0 saturated carbocycles. The van der Waals surface area contributed by atoms with Crippen LogP contribution in [0.25, 0.3) is 0 Å². The number of nitrogens with two attached hydrogens (primary N) is 1. The number of carbonyl (C=O) groups excluding carboxylic acids is 2. The van der Waals surface area contributed by atoms with Crippen molar-refractivity contribution in [1.82, 2.24) is 10.4 Å². The molecule has 1 fully saturated rings. The molecule has 1 heterocycles. The molecule has 4 N–H and O–H groups in total. The summed E-state index contributed by atoms with van der Waals surface area (Å²) in [7, 11) is 0. The van der Waals surface area contributed by atoms with Gasteiger partial charge in [-0.15, -0.1) is 0 Å². The van der Waals surface area contributed by atoms with E-state index in [2.05, 4.69) is 4.90 Å². The highest BCUT2D eigenvalue weighted by atomic mass is 16.5. The Morgan fingerprint density at radius 2 is 1.89 bits per heavy atom. The maximum atomic E-state index is 11.0. The van der Waals surface area contributed by atoms with Gasteiger partial charge in [-0.1, -0.05) is 6.42 Å². The highest BCUT2D eigenvalue weighted by molar-refractivity contribution is 5.76. The lowest BCUT2D eigenvalue weighted by molar-refractivity contribution is -0.129. The van der Waals surface area contributed by atoms with E-state index in [1.807, 2.05) is 0 Å². The summed E-state index contributed by atoms with van der Waals surface area (Å²) in [5, 5.41) is 8.32. The fourth-order valence-electron chi connectivity index (χ4n) is 2.29. The SMILES string of the molecule is NC(=O)C1CCN(CCCCCC(=O)NO)CC1. The highest BCUT2D eigenvalue weighted by Gasteiger charge is 2.22. The van der Waals surface area contributed by atoms with Crippen LogP contribution in [0, 0.1) is 5.92 Å². The Kier molecular flexibility index (Phi) is 6.67. The van der Waals surface area contributed by atoms with Gasteiger partial charge in [0.25, 0.3) is 0 Å². The van der Waals surface area contributed by atoms with Gasteiger partial charge in [-0.05, 0) is 45.3 Å². The molecule has 0 aliphatic carbocycles. The van der Waals surface area contributed by atoms with Crippen molar-refractivity contribution in [2.45, 2.75) is 38.5 Å². The van der Waals surface area contributed by atoms with Gasteiger partial charge in [-0.3, -0.25) is 14.8 Å². The van der Waals surface area contributed by atoms with Crippen molar-refractivity contribution < 1.29 is 14.8 Å². The maximum absolute atomic E-state index is 11.0. The predicted octanol–water partition coefficient (Wildman–Crippen LogP) is 0.250. The van der Waals surface area contributed by atoms with E-state index in [9.17, 15) is 9.59 Å². The van der Waals surface area contributed by atoms with Gasteiger partial charge in [-0.2, -0.15) is 0 Å².